The Kier molecular flexibility index (Phi) is 4.12. The predicted molar refractivity (Wildman–Crippen MR) is 49.5 cm³/mol. The highest BCUT2D eigenvalue weighted by molar-refractivity contribution is 5.10. The topological polar surface area (TPSA) is 20.2 Å². The lowest BCUT2D eigenvalue weighted by molar-refractivity contribution is 0.0721. The standard InChI is InChI=1S/C10H18O/c1-9(2)7-5-6-8-10(3,4)11/h5,7,11H,1,6,8H2,2-4H3/b7-5+. The molecule has 1 heteroatoms. The van der Waals surface area contributed by atoms with E-state index in [2.05, 4.69) is 6.58 Å². The van der Waals surface area contributed by atoms with E-state index in [1.807, 2.05) is 32.9 Å². The second-order valence-electron chi connectivity index (χ2n) is 3.60. The van der Waals surface area contributed by atoms with Gasteiger partial charge in [-0.3, -0.25) is 0 Å². The van der Waals surface area contributed by atoms with Gasteiger partial charge in [-0.15, -0.1) is 0 Å². The van der Waals surface area contributed by atoms with Crippen molar-refractivity contribution >= 4 is 0 Å². The number of aliphatic hydroxyl groups is 1. The molecule has 0 aromatic carbocycles. The van der Waals surface area contributed by atoms with Crippen LogP contribution in [-0.2, 0) is 0 Å². The fraction of sp³-hybridized carbons (Fsp3) is 0.600. The molecule has 0 heterocycles. The summed E-state index contributed by atoms with van der Waals surface area (Å²) in [5.41, 5.74) is 0.514. The van der Waals surface area contributed by atoms with Crippen LogP contribution in [0.3, 0.4) is 0 Å². The summed E-state index contributed by atoms with van der Waals surface area (Å²) in [5, 5.41) is 9.33. The maximum absolute atomic E-state index is 9.33. The van der Waals surface area contributed by atoms with Gasteiger partial charge in [0.1, 0.15) is 0 Å². The highest BCUT2D eigenvalue weighted by atomic mass is 16.3. The molecule has 0 rings (SSSR count). The SMILES string of the molecule is C=C(C)/C=C/CCC(C)(C)O. The second kappa shape index (κ2) is 4.35. The van der Waals surface area contributed by atoms with Crippen molar-refractivity contribution in [2.75, 3.05) is 0 Å². The molecule has 0 amide bonds. The van der Waals surface area contributed by atoms with Crippen molar-refractivity contribution in [3.8, 4) is 0 Å². The Morgan fingerprint density at radius 2 is 2.09 bits per heavy atom. The summed E-state index contributed by atoms with van der Waals surface area (Å²) >= 11 is 0. The molecule has 1 N–H and O–H groups in total. The van der Waals surface area contributed by atoms with Crippen LogP contribution in [0.1, 0.15) is 33.6 Å². The molecule has 0 aromatic heterocycles. The average molecular weight is 154 g/mol. The molecule has 1 nitrogen and oxygen atoms in total. The van der Waals surface area contributed by atoms with Gasteiger partial charge in [0, 0.05) is 0 Å². The van der Waals surface area contributed by atoms with E-state index in [9.17, 15) is 5.11 Å². The van der Waals surface area contributed by atoms with E-state index in [-0.39, 0.29) is 0 Å². The Morgan fingerprint density at radius 1 is 1.55 bits per heavy atom. The first-order chi connectivity index (χ1) is 4.92. The molecule has 0 bridgehead atoms. The van der Waals surface area contributed by atoms with Crippen molar-refractivity contribution in [1.29, 1.82) is 0 Å². The van der Waals surface area contributed by atoms with Gasteiger partial charge in [0.25, 0.3) is 0 Å². The lowest BCUT2D eigenvalue weighted by Gasteiger charge is -2.14. The molecule has 0 fully saturated rings. The zero-order chi connectivity index (χ0) is 8.91. The summed E-state index contributed by atoms with van der Waals surface area (Å²) in [7, 11) is 0. The Hall–Kier alpha value is -0.560. The summed E-state index contributed by atoms with van der Waals surface area (Å²) in [5.74, 6) is 0. The van der Waals surface area contributed by atoms with Gasteiger partial charge in [0.15, 0.2) is 0 Å². The minimum Gasteiger partial charge on any atom is -0.390 e. The van der Waals surface area contributed by atoms with Crippen LogP contribution in [0.25, 0.3) is 0 Å². The molecule has 0 aromatic rings. The summed E-state index contributed by atoms with van der Waals surface area (Å²) < 4.78 is 0. The third-order valence-corrected chi connectivity index (χ3v) is 1.33. The van der Waals surface area contributed by atoms with E-state index in [0.29, 0.717) is 0 Å². The highest BCUT2D eigenvalue weighted by Crippen LogP contribution is 2.10. The predicted octanol–water partition coefficient (Wildman–Crippen LogP) is 2.67. The minimum absolute atomic E-state index is 0.542. The van der Waals surface area contributed by atoms with Gasteiger partial charge in [-0.25, -0.2) is 0 Å². The number of allylic oxidation sites excluding steroid dienone is 3. The van der Waals surface area contributed by atoms with Crippen LogP contribution in [0.2, 0.25) is 0 Å². The molecular formula is C10H18O. The fourth-order valence-corrected chi connectivity index (χ4v) is 0.721. The van der Waals surface area contributed by atoms with E-state index in [0.717, 1.165) is 18.4 Å². The Balaban J connectivity index is 3.50. The highest BCUT2D eigenvalue weighted by Gasteiger charge is 2.09. The summed E-state index contributed by atoms with van der Waals surface area (Å²) in [6.45, 7) is 9.34. The van der Waals surface area contributed by atoms with Crippen LogP contribution in [-0.4, -0.2) is 10.7 Å². The number of rotatable bonds is 4. The van der Waals surface area contributed by atoms with Crippen molar-refractivity contribution in [3.05, 3.63) is 24.3 Å². The zero-order valence-electron chi connectivity index (χ0n) is 7.72. The fourth-order valence-electron chi connectivity index (χ4n) is 0.721. The largest absolute Gasteiger partial charge is 0.390 e. The van der Waals surface area contributed by atoms with E-state index >= 15 is 0 Å². The van der Waals surface area contributed by atoms with E-state index in [1.54, 1.807) is 0 Å². The third kappa shape index (κ3) is 9.44. The van der Waals surface area contributed by atoms with E-state index < -0.39 is 5.60 Å². The number of hydrogen-bond donors (Lipinski definition) is 1. The first kappa shape index (κ1) is 10.4. The first-order valence-corrected chi connectivity index (χ1v) is 3.96. The summed E-state index contributed by atoms with van der Waals surface area (Å²) in [4.78, 5) is 0. The minimum atomic E-state index is -0.542. The molecule has 0 aliphatic carbocycles. The second-order valence-corrected chi connectivity index (χ2v) is 3.60. The molecule has 0 spiro atoms. The lowest BCUT2D eigenvalue weighted by Crippen LogP contribution is -2.17. The van der Waals surface area contributed by atoms with Gasteiger partial charge in [-0.2, -0.15) is 0 Å². The van der Waals surface area contributed by atoms with Crippen molar-refractivity contribution in [1.82, 2.24) is 0 Å². The van der Waals surface area contributed by atoms with E-state index in [1.165, 1.54) is 0 Å². The first-order valence-electron chi connectivity index (χ1n) is 3.96. The molecule has 11 heavy (non-hydrogen) atoms. The molecule has 0 radical (unpaired) electrons. The maximum Gasteiger partial charge on any atom is 0.0594 e. The third-order valence-electron chi connectivity index (χ3n) is 1.33. The quantitative estimate of drug-likeness (QED) is 0.617. The normalized spacial score (nSPS) is 12.4. The molecule has 0 atom stereocenters. The van der Waals surface area contributed by atoms with Gasteiger partial charge in [0.05, 0.1) is 5.60 Å². The van der Waals surface area contributed by atoms with Crippen LogP contribution in [0.5, 0.6) is 0 Å². The van der Waals surface area contributed by atoms with E-state index in [4.69, 9.17) is 0 Å². The molecule has 0 aliphatic rings. The Labute approximate surface area is 69.4 Å². The Morgan fingerprint density at radius 3 is 2.45 bits per heavy atom. The lowest BCUT2D eigenvalue weighted by atomic mass is 10.0. The average Bonchev–Trinajstić information content (AvgIpc) is 1.78. The zero-order valence-corrected chi connectivity index (χ0v) is 7.72. The molecular weight excluding hydrogens is 136 g/mol. The molecule has 0 unspecified atom stereocenters. The summed E-state index contributed by atoms with van der Waals surface area (Å²) in [6, 6.07) is 0. The van der Waals surface area contributed by atoms with Crippen molar-refractivity contribution in [3.63, 3.8) is 0 Å². The van der Waals surface area contributed by atoms with Crippen molar-refractivity contribution in [2.45, 2.75) is 39.2 Å². The monoisotopic (exact) mass is 154 g/mol. The van der Waals surface area contributed by atoms with Crippen molar-refractivity contribution in [2.24, 2.45) is 0 Å². The molecule has 0 saturated carbocycles. The smallest absolute Gasteiger partial charge is 0.0594 e. The van der Waals surface area contributed by atoms with Crippen LogP contribution in [0.15, 0.2) is 24.3 Å². The van der Waals surface area contributed by atoms with Gasteiger partial charge in [-0.05, 0) is 33.6 Å². The van der Waals surface area contributed by atoms with Crippen LogP contribution < -0.4 is 0 Å². The van der Waals surface area contributed by atoms with Crippen LogP contribution in [0, 0.1) is 0 Å². The maximum atomic E-state index is 9.33. The van der Waals surface area contributed by atoms with Gasteiger partial charge in [-0.1, -0.05) is 24.3 Å². The van der Waals surface area contributed by atoms with Crippen LogP contribution >= 0.6 is 0 Å². The van der Waals surface area contributed by atoms with Crippen molar-refractivity contribution < 1.29 is 5.11 Å². The molecule has 0 saturated heterocycles. The Bertz CT molecular complexity index is 149. The molecule has 0 aliphatic heterocycles. The van der Waals surface area contributed by atoms with Crippen LogP contribution in [0.4, 0.5) is 0 Å². The van der Waals surface area contributed by atoms with Gasteiger partial charge in [0.2, 0.25) is 0 Å². The van der Waals surface area contributed by atoms with Gasteiger partial charge >= 0.3 is 0 Å². The molecule has 64 valence electrons. The van der Waals surface area contributed by atoms with Gasteiger partial charge < -0.3 is 5.11 Å². The summed E-state index contributed by atoms with van der Waals surface area (Å²) in [6.07, 6.45) is 5.74. The number of hydrogen-bond acceptors (Lipinski definition) is 1.